The van der Waals surface area contributed by atoms with E-state index >= 15 is 0 Å². The molecule has 0 aliphatic heterocycles. The van der Waals surface area contributed by atoms with Gasteiger partial charge in [-0.15, -0.1) is 0 Å². The lowest BCUT2D eigenvalue weighted by molar-refractivity contribution is 0.102. The molecule has 0 spiro atoms. The fraction of sp³-hybridized carbons (Fsp3) is 0. The van der Waals surface area contributed by atoms with E-state index in [1.165, 1.54) is 24.3 Å². The first-order chi connectivity index (χ1) is 8.58. The van der Waals surface area contributed by atoms with Crippen molar-refractivity contribution in [1.82, 2.24) is 0 Å². The fourth-order valence-electron chi connectivity index (χ4n) is 1.40. The number of anilines is 1. The van der Waals surface area contributed by atoms with Gasteiger partial charge in [-0.25, -0.2) is 8.78 Å². The van der Waals surface area contributed by atoms with E-state index in [-0.39, 0.29) is 5.69 Å². The SMILES string of the molecule is O=C(Nc1cccc(F)c1F)c1ccc(Cl)cc1. The largest absolute Gasteiger partial charge is 0.319 e. The zero-order valence-electron chi connectivity index (χ0n) is 9.08. The molecular formula is C13H8ClF2NO. The van der Waals surface area contributed by atoms with Crippen LogP contribution in [0.1, 0.15) is 10.4 Å². The van der Waals surface area contributed by atoms with Gasteiger partial charge in [-0.05, 0) is 36.4 Å². The van der Waals surface area contributed by atoms with Gasteiger partial charge in [0.1, 0.15) is 0 Å². The quantitative estimate of drug-likeness (QED) is 0.879. The van der Waals surface area contributed by atoms with E-state index < -0.39 is 17.5 Å². The van der Waals surface area contributed by atoms with Gasteiger partial charge in [-0.2, -0.15) is 0 Å². The highest BCUT2D eigenvalue weighted by molar-refractivity contribution is 6.30. The number of benzene rings is 2. The Morgan fingerprint density at radius 3 is 2.39 bits per heavy atom. The van der Waals surface area contributed by atoms with Gasteiger partial charge in [0, 0.05) is 10.6 Å². The van der Waals surface area contributed by atoms with Crippen molar-refractivity contribution in [3.05, 3.63) is 64.7 Å². The van der Waals surface area contributed by atoms with Crippen molar-refractivity contribution in [3.8, 4) is 0 Å². The van der Waals surface area contributed by atoms with Gasteiger partial charge >= 0.3 is 0 Å². The first kappa shape index (κ1) is 12.5. The molecule has 0 heterocycles. The second-order valence-corrected chi connectivity index (χ2v) is 4.00. The average Bonchev–Trinajstić information content (AvgIpc) is 2.36. The van der Waals surface area contributed by atoms with Gasteiger partial charge in [-0.1, -0.05) is 17.7 Å². The average molecular weight is 268 g/mol. The maximum atomic E-state index is 13.3. The maximum Gasteiger partial charge on any atom is 0.255 e. The Hall–Kier alpha value is -1.94. The van der Waals surface area contributed by atoms with Gasteiger partial charge in [0.05, 0.1) is 5.69 Å². The molecule has 2 aromatic carbocycles. The Balaban J connectivity index is 2.21. The molecule has 5 heteroatoms. The minimum atomic E-state index is -1.08. The van der Waals surface area contributed by atoms with Crippen LogP contribution in [0.15, 0.2) is 42.5 Å². The molecule has 0 atom stereocenters. The second-order valence-electron chi connectivity index (χ2n) is 3.56. The number of amides is 1. The molecule has 0 aliphatic rings. The first-order valence-corrected chi connectivity index (χ1v) is 5.46. The van der Waals surface area contributed by atoms with Crippen molar-refractivity contribution in [3.63, 3.8) is 0 Å². The van der Waals surface area contributed by atoms with Crippen LogP contribution in [0.5, 0.6) is 0 Å². The van der Waals surface area contributed by atoms with Gasteiger partial charge in [0.2, 0.25) is 0 Å². The van der Waals surface area contributed by atoms with Crippen LogP contribution in [0.3, 0.4) is 0 Å². The van der Waals surface area contributed by atoms with E-state index in [1.807, 2.05) is 0 Å². The van der Waals surface area contributed by atoms with Crippen LogP contribution in [0.4, 0.5) is 14.5 Å². The molecule has 0 saturated heterocycles. The van der Waals surface area contributed by atoms with E-state index in [1.54, 1.807) is 12.1 Å². The van der Waals surface area contributed by atoms with Crippen molar-refractivity contribution in [2.45, 2.75) is 0 Å². The lowest BCUT2D eigenvalue weighted by atomic mass is 10.2. The zero-order valence-corrected chi connectivity index (χ0v) is 9.84. The highest BCUT2D eigenvalue weighted by Crippen LogP contribution is 2.18. The Labute approximate surface area is 107 Å². The molecule has 1 amide bonds. The molecule has 18 heavy (non-hydrogen) atoms. The summed E-state index contributed by atoms with van der Waals surface area (Å²) in [5, 5.41) is 2.78. The standard InChI is InChI=1S/C13H8ClF2NO/c14-9-6-4-8(5-7-9)13(18)17-11-3-1-2-10(15)12(11)16/h1-7H,(H,17,18). The monoisotopic (exact) mass is 267 g/mol. The summed E-state index contributed by atoms with van der Waals surface area (Å²) < 4.78 is 26.3. The minimum Gasteiger partial charge on any atom is -0.319 e. The summed E-state index contributed by atoms with van der Waals surface area (Å²) in [5.74, 6) is -2.63. The van der Waals surface area contributed by atoms with E-state index in [2.05, 4.69) is 5.32 Å². The molecule has 92 valence electrons. The van der Waals surface area contributed by atoms with Crippen LogP contribution in [0.25, 0.3) is 0 Å². The predicted octanol–water partition coefficient (Wildman–Crippen LogP) is 3.87. The molecule has 0 unspecified atom stereocenters. The molecule has 2 nitrogen and oxygen atoms in total. The Bertz CT molecular complexity index is 584. The van der Waals surface area contributed by atoms with Gasteiger partial charge in [0.15, 0.2) is 11.6 Å². The van der Waals surface area contributed by atoms with Gasteiger partial charge in [0.25, 0.3) is 5.91 Å². The summed E-state index contributed by atoms with van der Waals surface area (Å²) in [6.07, 6.45) is 0. The van der Waals surface area contributed by atoms with Crippen LogP contribution in [-0.2, 0) is 0 Å². The van der Waals surface area contributed by atoms with Crippen LogP contribution in [-0.4, -0.2) is 5.91 Å². The smallest absolute Gasteiger partial charge is 0.255 e. The number of halogens is 3. The molecule has 0 aromatic heterocycles. The molecular weight excluding hydrogens is 260 g/mol. The Kier molecular flexibility index (Phi) is 3.58. The van der Waals surface area contributed by atoms with Gasteiger partial charge in [-0.3, -0.25) is 4.79 Å². The van der Waals surface area contributed by atoms with Crippen molar-refractivity contribution >= 4 is 23.2 Å². The van der Waals surface area contributed by atoms with Crippen molar-refractivity contribution < 1.29 is 13.6 Å². The maximum absolute atomic E-state index is 13.3. The molecule has 0 saturated carbocycles. The number of rotatable bonds is 2. The van der Waals surface area contributed by atoms with Crippen LogP contribution < -0.4 is 5.32 Å². The Morgan fingerprint density at radius 2 is 1.72 bits per heavy atom. The van der Waals surface area contributed by atoms with Crippen LogP contribution >= 0.6 is 11.6 Å². The van der Waals surface area contributed by atoms with Crippen LogP contribution in [0, 0.1) is 11.6 Å². The van der Waals surface area contributed by atoms with Crippen molar-refractivity contribution in [1.29, 1.82) is 0 Å². The third kappa shape index (κ3) is 2.65. The normalized spacial score (nSPS) is 10.2. The van der Waals surface area contributed by atoms with E-state index in [0.717, 1.165) is 6.07 Å². The molecule has 0 radical (unpaired) electrons. The first-order valence-electron chi connectivity index (χ1n) is 5.09. The molecule has 2 aromatic rings. The van der Waals surface area contributed by atoms with E-state index in [4.69, 9.17) is 11.6 Å². The summed E-state index contributed by atoms with van der Waals surface area (Å²) in [6.45, 7) is 0. The van der Waals surface area contributed by atoms with E-state index in [9.17, 15) is 13.6 Å². The second kappa shape index (κ2) is 5.14. The third-order valence-electron chi connectivity index (χ3n) is 2.31. The number of hydrogen-bond donors (Lipinski definition) is 1. The topological polar surface area (TPSA) is 29.1 Å². The zero-order chi connectivity index (χ0) is 13.1. The van der Waals surface area contributed by atoms with Crippen molar-refractivity contribution in [2.24, 2.45) is 0 Å². The number of nitrogens with one attached hydrogen (secondary N) is 1. The van der Waals surface area contributed by atoms with Crippen molar-refractivity contribution in [2.75, 3.05) is 5.32 Å². The molecule has 0 aliphatic carbocycles. The molecule has 0 bridgehead atoms. The third-order valence-corrected chi connectivity index (χ3v) is 2.56. The molecule has 0 fully saturated rings. The summed E-state index contributed by atoms with van der Waals surface area (Å²) in [4.78, 5) is 11.7. The Morgan fingerprint density at radius 1 is 1.06 bits per heavy atom. The summed E-state index contributed by atoms with van der Waals surface area (Å²) in [7, 11) is 0. The number of carbonyl (C=O) groups excluding carboxylic acids is 1. The van der Waals surface area contributed by atoms with E-state index in [0.29, 0.717) is 10.6 Å². The lowest BCUT2D eigenvalue weighted by Gasteiger charge is -2.06. The lowest BCUT2D eigenvalue weighted by Crippen LogP contribution is -2.13. The number of carbonyl (C=O) groups is 1. The summed E-state index contributed by atoms with van der Waals surface area (Å²) in [5.41, 5.74) is 0.109. The fourth-order valence-corrected chi connectivity index (χ4v) is 1.52. The molecule has 2 rings (SSSR count). The van der Waals surface area contributed by atoms with Crippen LogP contribution in [0.2, 0.25) is 5.02 Å². The summed E-state index contributed by atoms with van der Waals surface area (Å²) in [6, 6.07) is 9.65. The highest BCUT2D eigenvalue weighted by Gasteiger charge is 2.11. The highest BCUT2D eigenvalue weighted by atomic mass is 35.5. The molecule has 1 N–H and O–H groups in total. The summed E-state index contributed by atoms with van der Waals surface area (Å²) >= 11 is 5.68. The van der Waals surface area contributed by atoms with Gasteiger partial charge < -0.3 is 5.32 Å². The number of hydrogen-bond acceptors (Lipinski definition) is 1. The minimum absolute atomic E-state index is 0.199. The predicted molar refractivity (Wildman–Crippen MR) is 65.8 cm³/mol.